The first-order valence-electron chi connectivity index (χ1n) is 11.0. The van der Waals surface area contributed by atoms with Gasteiger partial charge in [-0.25, -0.2) is 4.98 Å². The van der Waals surface area contributed by atoms with E-state index in [0.29, 0.717) is 25.6 Å². The molecule has 0 bridgehead atoms. The molecule has 5 rings (SSSR count). The van der Waals surface area contributed by atoms with Crippen molar-refractivity contribution in [2.75, 3.05) is 13.1 Å². The number of rotatable bonds is 3. The van der Waals surface area contributed by atoms with Crippen molar-refractivity contribution in [3.8, 4) is 0 Å². The summed E-state index contributed by atoms with van der Waals surface area (Å²) in [6, 6.07) is 2.54. The first-order valence-corrected chi connectivity index (χ1v) is 12.4. The molecule has 0 N–H and O–H groups in total. The van der Waals surface area contributed by atoms with E-state index in [0.717, 1.165) is 48.1 Å². The Morgan fingerprint density at radius 3 is 2.74 bits per heavy atom. The first-order chi connectivity index (χ1) is 14.9. The van der Waals surface area contributed by atoms with Gasteiger partial charge in [-0.1, -0.05) is 32.3 Å². The molecule has 0 radical (unpaired) electrons. The number of pyridine rings is 1. The lowest BCUT2D eigenvalue weighted by molar-refractivity contribution is -0.123. The van der Waals surface area contributed by atoms with E-state index in [1.807, 2.05) is 34.7 Å². The third kappa shape index (κ3) is 4.00. The van der Waals surface area contributed by atoms with Crippen LogP contribution in [0.3, 0.4) is 0 Å². The van der Waals surface area contributed by atoms with E-state index in [4.69, 9.17) is 11.6 Å². The number of nitrogens with zero attached hydrogens (tertiary/aromatic N) is 4. The summed E-state index contributed by atoms with van der Waals surface area (Å²) in [5.41, 5.74) is 3.97. The molecule has 5 heterocycles. The molecule has 0 aliphatic carbocycles. The van der Waals surface area contributed by atoms with Gasteiger partial charge in [0.05, 0.1) is 16.5 Å². The quantitative estimate of drug-likeness (QED) is 0.609. The molecule has 2 aromatic heterocycles. The van der Waals surface area contributed by atoms with Crippen LogP contribution < -0.4 is 0 Å². The lowest BCUT2D eigenvalue weighted by Gasteiger charge is -2.38. The Morgan fingerprint density at radius 1 is 1.23 bits per heavy atom. The number of likely N-dealkylation sites (tertiary alicyclic amines) is 1. The number of aryl methyl sites for hydroxylation is 1. The average Bonchev–Trinajstić information content (AvgIpc) is 3.14. The Balaban J connectivity index is 1.37. The number of carbonyl (C=O) groups excluding carboxylic acids is 1. The van der Waals surface area contributed by atoms with Crippen molar-refractivity contribution in [2.45, 2.75) is 45.4 Å². The Bertz CT molecular complexity index is 1120. The standard InChI is InChI=1S/C24H28ClN4OP/c1-15(2)27-8-6-17(7-9-27)18-4-5-23-29(14-18)22(30)11-21(31-23)19-10-20(25)24-26-16(3)12-28(24)13-19/h4-5,10-15,17,23,31H,6-9H2,1-3H3. The summed E-state index contributed by atoms with van der Waals surface area (Å²) >= 11 is 6.47. The molecular formula is C24H28ClN4OP. The van der Waals surface area contributed by atoms with Gasteiger partial charge in [0.25, 0.3) is 5.91 Å². The summed E-state index contributed by atoms with van der Waals surface area (Å²) in [5, 5.41) is 1.66. The molecule has 2 atom stereocenters. The molecule has 31 heavy (non-hydrogen) atoms. The smallest absolute Gasteiger partial charge is 0.252 e. The van der Waals surface area contributed by atoms with Gasteiger partial charge in [0, 0.05) is 36.3 Å². The lowest BCUT2D eigenvalue weighted by atomic mass is 9.88. The number of hydrogen-bond acceptors (Lipinski definition) is 3. The summed E-state index contributed by atoms with van der Waals surface area (Å²) in [7, 11) is 0.486. The second-order valence-electron chi connectivity index (χ2n) is 8.97. The highest BCUT2D eigenvalue weighted by atomic mass is 35.5. The summed E-state index contributed by atoms with van der Waals surface area (Å²) in [6.07, 6.45) is 14.7. The van der Waals surface area contributed by atoms with Crippen molar-refractivity contribution in [3.63, 3.8) is 0 Å². The predicted octanol–water partition coefficient (Wildman–Crippen LogP) is 5.06. The number of hydrogen-bond donors (Lipinski definition) is 0. The van der Waals surface area contributed by atoms with Crippen molar-refractivity contribution >= 4 is 37.1 Å². The van der Waals surface area contributed by atoms with Gasteiger partial charge in [0.2, 0.25) is 0 Å². The number of allylic oxidation sites excluding steroid dienone is 2. The van der Waals surface area contributed by atoms with E-state index < -0.39 is 0 Å². The fourth-order valence-electron chi connectivity index (χ4n) is 4.78. The molecule has 2 aromatic rings. The molecule has 0 saturated carbocycles. The Morgan fingerprint density at radius 2 is 2.00 bits per heavy atom. The van der Waals surface area contributed by atoms with Crippen LogP contribution in [0.2, 0.25) is 5.02 Å². The van der Waals surface area contributed by atoms with Crippen LogP contribution in [-0.4, -0.2) is 50.0 Å². The van der Waals surface area contributed by atoms with Crippen LogP contribution in [0.1, 0.15) is 37.9 Å². The predicted molar refractivity (Wildman–Crippen MR) is 129 cm³/mol. The van der Waals surface area contributed by atoms with E-state index in [9.17, 15) is 4.79 Å². The molecule has 1 saturated heterocycles. The van der Waals surface area contributed by atoms with Gasteiger partial charge < -0.3 is 14.2 Å². The zero-order valence-electron chi connectivity index (χ0n) is 18.2. The normalized spacial score (nSPS) is 23.6. The van der Waals surface area contributed by atoms with Crippen molar-refractivity contribution < 1.29 is 4.79 Å². The molecule has 0 aromatic carbocycles. The van der Waals surface area contributed by atoms with E-state index >= 15 is 0 Å². The van der Waals surface area contributed by atoms with Gasteiger partial charge in [-0.05, 0) is 69.6 Å². The van der Waals surface area contributed by atoms with Crippen LogP contribution in [0.5, 0.6) is 0 Å². The second kappa shape index (κ2) is 8.20. The molecule has 5 nitrogen and oxygen atoms in total. The molecule has 1 fully saturated rings. The summed E-state index contributed by atoms with van der Waals surface area (Å²) in [6.45, 7) is 8.75. The minimum absolute atomic E-state index is 0.0539. The number of fused-ring (bicyclic) bond motifs is 2. The van der Waals surface area contributed by atoms with E-state index in [2.05, 4.69) is 42.1 Å². The van der Waals surface area contributed by atoms with Crippen LogP contribution in [0, 0.1) is 12.8 Å². The van der Waals surface area contributed by atoms with Crippen molar-refractivity contribution in [1.29, 1.82) is 0 Å². The molecule has 3 aliphatic rings. The topological polar surface area (TPSA) is 40.9 Å². The lowest BCUT2D eigenvalue weighted by Crippen LogP contribution is -2.40. The molecule has 7 heteroatoms. The highest BCUT2D eigenvalue weighted by Gasteiger charge is 2.31. The summed E-state index contributed by atoms with van der Waals surface area (Å²) in [5.74, 6) is 0.684. The Kier molecular flexibility index (Phi) is 5.54. The second-order valence-corrected chi connectivity index (χ2v) is 10.8. The third-order valence-corrected chi connectivity index (χ3v) is 8.34. The van der Waals surface area contributed by atoms with Crippen molar-refractivity contribution in [3.05, 3.63) is 64.7 Å². The van der Waals surface area contributed by atoms with Crippen LogP contribution in [0.4, 0.5) is 0 Å². The van der Waals surface area contributed by atoms with Crippen LogP contribution >= 0.6 is 20.2 Å². The SMILES string of the molecule is Cc1cn2cc(C3=CC(=O)N4C=C(C5CCN(C(C)C)CC5)C=CC4P3)cc(Cl)c2n1. The zero-order chi connectivity index (χ0) is 21.7. The third-order valence-electron chi connectivity index (χ3n) is 6.55. The average molecular weight is 455 g/mol. The van der Waals surface area contributed by atoms with Gasteiger partial charge in [-0.3, -0.25) is 4.79 Å². The maximum absolute atomic E-state index is 13.0. The first kappa shape index (κ1) is 20.9. The zero-order valence-corrected chi connectivity index (χ0v) is 19.9. The molecule has 0 spiro atoms. The number of amides is 1. The molecule has 3 aliphatic heterocycles. The van der Waals surface area contributed by atoms with Gasteiger partial charge in [0.1, 0.15) is 0 Å². The highest BCUT2D eigenvalue weighted by molar-refractivity contribution is 7.51. The van der Waals surface area contributed by atoms with E-state index in [-0.39, 0.29) is 11.7 Å². The number of imidazole rings is 1. The van der Waals surface area contributed by atoms with E-state index in [1.54, 1.807) is 6.08 Å². The molecule has 162 valence electrons. The van der Waals surface area contributed by atoms with Gasteiger partial charge in [-0.15, -0.1) is 0 Å². The number of carbonyl (C=O) groups is 1. The maximum atomic E-state index is 13.0. The van der Waals surface area contributed by atoms with Gasteiger partial charge in [0.15, 0.2) is 5.65 Å². The monoisotopic (exact) mass is 454 g/mol. The summed E-state index contributed by atoms with van der Waals surface area (Å²) in [4.78, 5) is 22.0. The minimum Gasteiger partial charge on any atom is -0.305 e. The minimum atomic E-state index is 0.0539. The Hall–Kier alpha value is -1.94. The molecule has 2 unspecified atom stereocenters. The van der Waals surface area contributed by atoms with Crippen LogP contribution in [0.25, 0.3) is 11.0 Å². The van der Waals surface area contributed by atoms with Crippen molar-refractivity contribution in [2.24, 2.45) is 5.92 Å². The van der Waals surface area contributed by atoms with Gasteiger partial charge in [-0.2, -0.15) is 0 Å². The summed E-state index contributed by atoms with van der Waals surface area (Å²) < 4.78 is 1.95. The largest absolute Gasteiger partial charge is 0.305 e. The van der Waals surface area contributed by atoms with Gasteiger partial charge >= 0.3 is 0 Å². The molecule has 1 amide bonds. The van der Waals surface area contributed by atoms with Crippen LogP contribution in [-0.2, 0) is 4.79 Å². The molecular weight excluding hydrogens is 427 g/mol. The fourth-order valence-corrected chi connectivity index (χ4v) is 6.40. The maximum Gasteiger partial charge on any atom is 0.252 e. The van der Waals surface area contributed by atoms with Crippen LogP contribution in [0.15, 0.2) is 48.5 Å². The Labute approximate surface area is 190 Å². The highest BCUT2D eigenvalue weighted by Crippen LogP contribution is 2.46. The number of halogens is 1. The van der Waals surface area contributed by atoms with E-state index in [1.165, 1.54) is 5.57 Å². The fraction of sp³-hybridized carbons (Fsp3) is 0.417. The van der Waals surface area contributed by atoms with Crippen molar-refractivity contribution in [1.82, 2.24) is 19.2 Å². The number of aromatic nitrogens is 2. The number of piperidine rings is 1.